The molecule has 4 aliphatic carbocycles. The van der Waals surface area contributed by atoms with Gasteiger partial charge in [-0.2, -0.15) is 30.7 Å². The SMILES string of the molecule is CC(C)Oc1ccc(-c2nc(-c3cccc4c3CCC4NC3CCCCC3)no2)cc1C#N.CCCNC1CCc2c(-c3noc(-c4ccc(O)c(C#N)c4)n3)cccc21.CCCS(=O)(=O)N[C@H]1CCc2c(-c3noc(-c4ccc(OC(C)C)c(C#N)c4)n3)cccc21. The first-order valence-electron chi connectivity index (χ1n) is 32.2. The first-order chi connectivity index (χ1) is 45.1. The third-order valence-corrected chi connectivity index (χ3v) is 18.7. The van der Waals surface area contributed by atoms with Crippen LogP contribution in [0.15, 0.2) is 123 Å². The van der Waals surface area contributed by atoms with Gasteiger partial charge in [0, 0.05) is 57.5 Å². The quantitative estimate of drug-likeness (QED) is 0.0585. The van der Waals surface area contributed by atoms with Crippen molar-refractivity contribution in [1.29, 1.82) is 15.8 Å². The first-order valence-corrected chi connectivity index (χ1v) is 33.8. The van der Waals surface area contributed by atoms with E-state index in [0.717, 1.165) is 66.5 Å². The van der Waals surface area contributed by atoms with Gasteiger partial charge in [-0.1, -0.05) is 103 Å². The molecule has 4 N–H and O–H groups in total. The first kappa shape index (κ1) is 65.0. The summed E-state index contributed by atoms with van der Waals surface area (Å²) in [4.78, 5) is 13.8. The van der Waals surface area contributed by atoms with Gasteiger partial charge in [0.1, 0.15) is 35.5 Å². The molecule has 3 aromatic heterocycles. The molecular formula is C72H76N12O8S. The van der Waals surface area contributed by atoms with Gasteiger partial charge in [-0.05, 0) is 186 Å². The van der Waals surface area contributed by atoms with Crippen LogP contribution < -0.4 is 24.8 Å². The second-order valence-corrected chi connectivity index (χ2v) is 26.3. The summed E-state index contributed by atoms with van der Waals surface area (Å²) >= 11 is 0. The summed E-state index contributed by atoms with van der Waals surface area (Å²) < 4.78 is 55.3. The highest BCUT2D eigenvalue weighted by molar-refractivity contribution is 7.89. The summed E-state index contributed by atoms with van der Waals surface area (Å²) in [6.45, 7) is 12.7. The Hall–Kier alpha value is -9.56. The molecule has 4 aliphatic rings. The smallest absolute Gasteiger partial charge is 0.258 e. The van der Waals surface area contributed by atoms with E-state index in [1.165, 1.54) is 60.4 Å². The Balaban J connectivity index is 0.000000143. The number of benzene rings is 6. The van der Waals surface area contributed by atoms with Gasteiger partial charge < -0.3 is 38.8 Å². The average Bonchev–Trinajstić information content (AvgIpc) is 1.68. The number of nitrogens with zero attached hydrogens (tertiary/aromatic N) is 9. The Labute approximate surface area is 542 Å². The number of phenols is 1. The molecule has 0 radical (unpaired) electrons. The highest BCUT2D eigenvalue weighted by Crippen LogP contribution is 2.42. The Bertz CT molecular complexity index is 4380. The van der Waals surface area contributed by atoms with Gasteiger partial charge in [0.05, 0.1) is 34.7 Å². The van der Waals surface area contributed by atoms with Crippen LogP contribution in [0, 0.1) is 34.0 Å². The number of nitrogens with one attached hydrogen (secondary N) is 3. The van der Waals surface area contributed by atoms with Gasteiger partial charge in [-0.3, -0.25) is 0 Å². The molecule has 0 bridgehead atoms. The molecule has 1 fully saturated rings. The van der Waals surface area contributed by atoms with Crippen LogP contribution in [0.1, 0.15) is 174 Å². The summed E-state index contributed by atoms with van der Waals surface area (Å²) in [5.41, 5.74) is 13.0. The molecule has 1 saturated carbocycles. The fourth-order valence-electron chi connectivity index (χ4n) is 12.8. The fraction of sp³-hybridized carbons (Fsp3) is 0.375. The lowest BCUT2D eigenvalue weighted by molar-refractivity contribution is 0.241. The number of rotatable bonds is 19. The zero-order valence-electron chi connectivity index (χ0n) is 53.2. The van der Waals surface area contributed by atoms with Crippen molar-refractivity contribution in [3.05, 3.63) is 159 Å². The number of fused-ring (bicyclic) bond motifs is 3. The zero-order chi connectivity index (χ0) is 65.2. The van der Waals surface area contributed by atoms with E-state index in [1.807, 2.05) is 77.1 Å². The summed E-state index contributed by atoms with van der Waals surface area (Å²) in [7, 11) is -3.32. The van der Waals surface area contributed by atoms with E-state index in [9.17, 15) is 24.0 Å². The van der Waals surface area contributed by atoms with E-state index in [-0.39, 0.29) is 35.3 Å². The zero-order valence-corrected chi connectivity index (χ0v) is 54.0. The number of nitriles is 3. The molecule has 20 nitrogen and oxygen atoms in total. The number of phenolic OH excluding ortho intramolecular Hbond substituents is 1. The molecule has 0 aliphatic heterocycles. The molecule has 3 heterocycles. The van der Waals surface area contributed by atoms with Crippen LogP contribution in [0.2, 0.25) is 0 Å². The monoisotopic (exact) mass is 1270 g/mol. The normalized spacial score (nSPS) is 16.5. The maximum atomic E-state index is 12.3. The Morgan fingerprint density at radius 3 is 1.43 bits per heavy atom. The standard InChI is InChI=1S/C27H30N4O2.C24H26N4O4S.C21H20N4O2/c1-17(2)32-25-14-11-18(15-19(25)16-28)27-30-26(31-33-27)23-10-6-9-22-21(23)12-13-24(22)29-20-7-4-3-5-8-20;1-4-12-33(29,30)28-21-10-9-18-19(21)6-5-7-20(18)23-26-24(32-27-23)16-8-11-22(31-15(2)3)17(13-16)14-25;1-2-10-23-18-8-7-15-16(18)4-3-5-17(15)20-24-21(27-25-20)13-6-9-19(26)14(11-13)12-22/h6,9-11,14-15,17,20,24,29H,3-5,7-8,12-13H2,1-2H3;5-8,11,13,15,21,28H,4,9-10,12H2,1-3H3;3-6,9,11,18,23,26H,2,7-8,10H2,1H3/t;21-;/m.0./s1. The molecule has 478 valence electrons. The minimum absolute atomic E-state index is 0.00504. The molecule has 21 heteroatoms. The van der Waals surface area contributed by atoms with Gasteiger partial charge in [0.2, 0.25) is 27.5 Å². The molecule has 93 heavy (non-hydrogen) atoms. The van der Waals surface area contributed by atoms with Crippen LogP contribution in [0.4, 0.5) is 0 Å². The molecule has 0 spiro atoms. The molecule has 0 amide bonds. The Kier molecular flexibility index (Phi) is 20.5. The second kappa shape index (κ2) is 29.4. The van der Waals surface area contributed by atoms with Crippen molar-refractivity contribution in [2.75, 3.05) is 12.3 Å². The van der Waals surface area contributed by atoms with E-state index in [1.54, 1.807) is 42.5 Å². The molecular weight excluding hydrogens is 1190 g/mol. The van der Waals surface area contributed by atoms with Crippen molar-refractivity contribution < 1.29 is 36.6 Å². The van der Waals surface area contributed by atoms with Crippen molar-refractivity contribution >= 4 is 10.0 Å². The second-order valence-electron chi connectivity index (χ2n) is 24.4. The highest BCUT2D eigenvalue weighted by Gasteiger charge is 2.32. The average molecular weight is 1270 g/mol. The van der Waals surface area contributed by atoms with Gasteiger partial charge in [0.15, 0.2) is 0 Å². The number of ether oxygens (including phenoxy) is 2. The van der Waals surface area contributed by atoms with E-state index in [2.05, 4.69) is 89.1 Å². The van der Waals surface area contributed by atoms with Gasteiger partial charge >= 0.3 is 0 Å². The number of aromatic nitrogens is 6. The lowest BCUT2D eigenvalue weighted by Crippen LogP contribution is -2.33. The van der Waals surface area contributed by atoms with Crippen molar-refractivity contribution in [2.24, 2.45) is 0 Å². The van der Waals surface area contributed by atoms with Crippen LogP contribution in [0.3, 0.4) is 0 Å². The minimum atomic E-state index is -3.32. The highest BCUT2D eigenvalue weighted by atomic mass is 32.2. The summed E-state index contributed by atoms with van der Waals surface area (Å²) in [6.07, 6.45) is 13.8. The van der Waals surface area contributed by atoms with E-state index < -0.39 is 10.0 Å². The fourth-order valence-corrected chi connectivity index (χ4v) is 14.2. The van der Waals surface area contributed by atoms with Crippen molar-refractivity contribution in [3.8, 4) is 104 Å². The number of aromatic hydroxyl groups is 1. The largest absolute Gasteiger partial charge is 0.507 e. The maximum Gasteiger partial charge on any atom is 0.258 e. The van der Waals surface area contributed by atoms with Crippen LogP contribution in [-0.2, 0) is 29.3 Å². The van der Waals surface area contributed by atoms with Crippen molar-refractivity contribution in [2.45, 2.75) is 161 Å². The molecule has 6 aromatic carbocycles. The van der Waals surface area contributed by atoms with E-state index in [4.69, 9.17) is 28.3 Å². The third kappa shape index (κ3) is 15.0. The van der Waals surface area contributed by atoms with Gasteiger partial charge in [-0.25, -0.2) is 13.1 Å². The van der Waals surface area contributed by atoms with E-state index >= 15 is 0 Å². The van der Waals surface area contributed by atoms with Crippen LogP contribution in [0.5, 0.6) is 17.2 Å². The summed E-state index contributed by atoms with van der Waals surface area (Å²) in [5, 5.41) is 57.9. The molecule has 9 aromatic rings. The number of sulfonamides is 1. The molecule has 13 rings (SSSR count). The van der Waals surface area contributed by atoms with Crippen molar-refractivity contribution in [3.63, 3.8) is 0 Å². The Morgan fingerprint density at radius 1 is 0.548 bits per heavy atom. The number of hydrogen-bond acceptors (Lipinski definition) is 19. The van der Waals surface area contributed by atoms with Crippen LogP contribution >= 0.6 is 0 Å². The lowest BCUT2D eigenvalue weighted by Gasteiger charge is -2.27. The molecule has 2 unspecified atom stereocenters. The van der Waals surface area contributed by atoms with Gasteiger partial charge in [-0.15, -0.1) is 0 Å². The van der Waals surface area contributed by atoms with Gasteiger partial charge in [0.25, 0.3) is 17.7 Å². The molecule has 0 saturated heterocycles. The topological polar surface area (TPSA) is 297 Å². The predicted molar refractivity (Wildman–Crippen MR) is 352 cm³/mol. The Morgan fingerprint density at radius 2 is 0.978 bits per heavy atom. The molecule has 3 atom stereocenters. The van der Waals surface area contributed by atoms with E-state index in [0.29, 0.717) is 112 Å². The minimum Gasteiger partial charge on any atom is -0.507 e. The maximum absolute atomic E-state index is 12.3. The summed E-state index contributed by atoms with van der Waals surface area (Å²) in [5.74, 6) is 3.73. The van der Waals surface area contributed by atoms with Crippen LogP contribution in [0.25, 0.3) is 68.5 Å². The lowest BCUT2D eigenvalue weighted by atomic mass is 9.94. The van der Waals surface area contributed by atoms with Crippen molar-refractivity contribution in [1.82, 2.24) is 45.8 Å². The summed E-state index contributed by atoms with van der Waals surface area (Å²) in [6, 6.07) is 41.1. The number of hydrogen-bond donors (Lipinski definition) is 4. The van der Waals surface area contributed by atoms with Crippen LogP contribution in [-0.4, -0.2) is 74.5 Å². The predicted octanol–water partition coefficient (Wildman–Crippen LogP) is 14.3. The third-order valence-electron chi connectivity index (χ3n) is 17.1.